The fourth-order valence-electron chi connectivity index (χ4n) is 2.24. The number of phenols is 1. The highest BCUT2D eigenvalue weighted by Gasteiger charge is 2.19. The predicted octanol–water partition coefficient (Wildman–Crippen LogP) is 2.38. The molecule has 2 heteroatoms. The SMILES string of the molecule is CCNC1CCCc2ccc(O)cc21. The minimum absolute atomic E-state index is 0.383. The Kier molecular flexibility index (Phi) is 2.73. The molecule has 0 amide bonds. The van der Waals surface area contributed by atoms with Crippen LogP contribution in [-0.4, -0.2) is 11.7 Å². The Bertz CT molecular complexity index is 322. The van der Waals surface area contributed by atoms with E-state index in [0.29, 0.717) is 11.8 Å². The largest absolute Gasteiger partial charge is 0.508 e. The molecule has 0 bridgehead atoms. The van der Waals surface area contributed by atoms with Crippen LogP contribution in [0.2, 0.25) is 0 Å². The predicted molar refractivity (Wildman–Crippen MR) is 57.5 cm³/mol. The van der Waals surface area contributed by atoms with Crippen molar-refractivity contribution in [2.24, 2.45) is 0 Å². The molecule has 0 spiro atoms. The quantitative estimate of drug-likeness (QED) is 0.752. The number of phenolic OH excluding ortho intramolecular Hbond substituents is 1. The highest BCUT2D eigenvalue weighted by atomic mass is 16.3. The van der Waals surface area contributed by atoms with Crippen molar-refractivity contribution in [2.75, 3.05) is 6.54 Å². The lowest BCUT2D eigenvalue weighted by molar-refractivity contribution is 0.453. The summed E-state index contributed by atoms with van der Waals surface area (Å²) in [5.74, 6) is 0.383. The summed E-state index contributed by atoms with van der Waals surface area (Å²) < 4.78 is 0. The van der Waals surface area contributed by atoms with Crippen molar-refractivity contribution in [1.29, 1.82) is 0 Å². The summed E-state index contributed by atoms with van der Waals surface area (Å²) in [6.07, 6.45) is 3.58. The number of aryl methyl sites for hydroxylation is 1. The Morgan fingerprint density at radius 3 is 3.14 bits per heavy atom. The van der Waals surface area contributed by atoms with E-state index in [-0.39, 0.29) is 0 Å². The monoisotopic (exact) mass is 191 g/mol. The van der Waals surface area contributed by atoms with Crippen LogP contribution in [-0.2, 0) is 6.42 Å². The van der Waals surface area contributed by atoms with E-state index in [0.717, 1.165) is 13.0 Å². The maximum absolute atomic E-state index is 9.45. The minimum Gasteiger partial charge on any atom is -0.508 e. The number of hydrogen-bond acceptors (Lipinski definition) is 2. The zero-order valence-corrected chi connectivity index (χ0v) is 8.59. The zero-order valence-electron chi connectivity index (χ0n) is 8.59. The molecule has 1 atom stereocenters. The Balaban J connectivity index is 2.32. The molecule has 1 aromatic carbocycles. The summed E-state index contributed by atoms with van der Waals surface area (Å²) in [6, 6.07) is 6.18. The van der Waals surface area contributed by atoms with E-state index in [1.54, 1.807) is 6.07 Å². The fraction of sp³-hybridized carbons (Fsp3) is 0.500. The van der Waals surface area contributed by atoms with Gasteiger partial charge in [0, 0.05) is 6.04 Å². The normalized spacial score (nSPS) is 20.5. The number of rotatable bonds is 2. The van der Waals surface area contributed by atoms with Crippen molar-refractivity contribution in [3.63, 3.8) is 0 Å². The highest BCUT2D eigenvalue weighted by Crippen LogP contribution is 2.31. The van der Waals surface area contributed by atoms with Crippen LogP contribution in [0.5, 0.6) is 5.75 Å². The maximum Gasteiger partial charge on any atom is 0.115 e. The van der Waals surface area contributed by atoms with Gasteiger partial charge in [-0.15, -0.1) is 0 Å². The molecule has 1 aliphatic carbocycles. The van der Waals surface area contributed by atoms with E-state index in [4.69, 9.17) is 0 Å². The maximum atomic E-state index is 9.45. The van der Waals surface area contributed by atoms with E-state index in [1.165, 1.54) is 24.0 Å². The number of hydrogen-bond donors (Lipinski definition) is 2. The number of nitrogens with one attached hydrogen (secondary N) is 1. The molecule has 1 unspecified atom stereocenters. The van der Waals surface area contributed by atoms with Gasteiger partial charge in [-0.25, -0.2) is 0 Å². The van der Waals surface area contributed by atoms with Crippen molar-refractivity contribution >= 4 is 0 Å². The molecule has 0 heterocycles. The zero-order chi connectivity index (χ0) is 9.97. The summed E-state index contributed by atoms with van der Waals surface area (Å²) in [7, 11) is 0. The van der Waals surface area contributed by atoms with Crippen molar-refractivity contribution in [1.82, 2.24) is 5.32 Å². The van der Waals surface area contributed by atoms with Crippen LogP contribution >= 0.6 is 0 Å². The lowest BCUT2D eigenvalue weighted by atomic mass is 9.87. The van der Waals surface area contributed by atoms with E-state index in [1.807, 2.05) is 12.1 Å². The standard InChI is InChI=1S/C12H17NO/c1-2-13-12-5-3-4-9-6-7-10(14)8-11(9)12/h6-8,12-14H,2-5H2,1H3. The summed E-state index contributed by atoms with van der Waals surface area (Å²) in [5, 5.41) is 12.9. The molecular weight excluding hydrogens is 174 g/mol. The molecule has 0 aromatic heterocycles. The van der Waals surface area contributed by atoms with Gasteiger partial charge in [0.1, 0.15) is 5.75 Å². The first-order chi connectivity index (χ1) is 6.81. The smallest absolute Gasteiger partial charge is 0.115 e. The lowest BCUT2D eigenvalue weighted by Crippen LogP contribution is -2.24. The average Bonchev–Trinajstić information content (AvgIpc) is 2.19. The van der Waals surface area contributed by atoms with Gasteiger partial charge in [-0.2, -0.15) is 0 Å². The first kappa shape index (κ1) is 9.53. The second-order valence-corrected chi connectivity index (χ2v) is 3.89. The van der Waals surface area contributed by atoms with E-state index >= 15 is 0 Å². The number of fused-ring (bicyclic) bond motifs is 1. The van der Waals surface area contributed by atoms with Gasteiger partial charge in [-0.1, -0.05) is 13.0 Å². The van der Waals surface area contributed by atoms with Gasteiger partial charge < -0.3 is 10.4 Å². The molecule has 2 N–H and O–H groups in total. The van der Waals surface area contributed by atoms with Crippen molar-refractivity contribution in [3.8, 4) is 5.75 Å². The third-order valence-electron chi connectivity index (χ3n) is 2.89. The van der Waals surface area contributed by atoms with Gasteiger partial charge in [0.15, 0.2) is 0 Å². The Hall–Kier alpha value is -1.02. The van der Waals surface area contributed by atoms with Crippen molar-refractivity contribution in [3.05, 3.63) is 29.3 Å². The Labute approximate surface area is 85.0 Å². The number of aromatic hydroxyl groups is 1. The van der Waals surface area contributed by atoms with Crippen LogP contribution < -0.4 is 5.32 Å². The fourth-order valence-corrected chi connectivity index (χ4v) is 2.24. The molecule has 0 aliphatic heterocycles. The van der Waals surface area contributed by atoms with Crippen molar-refractivity contribution < 1.29 is 5.11 Å². The van der Waals surface area contributed by atoms with Gasteiger partial charge in [0.2, 0.25) is 0 Å². The molecule has 1 aliphatic rings. The third kappa shape index (κ3) is 1.75. The molecule has 0 radical (unpaired) electrons. The lowest BCUT2D eigenvalue weighted by Gasteiger charge is -2.26. The molecule has 0 saturated carbocycles. The Morgan fingerprint density at radius 2 is 2.36 bits per heavy atom. The topological polar surface area (TPSA) is 32.3 Å². The summed E-state index contributed by atoms with van der Waals surface area (Å²) in [6.45, 7) is 3.11. The second kappa shape index (κ2) is 4.01. The summed E-state index contributed by atoms with van der Waals surface area (Å²) in [4.78, 5) is 0. The molecule has 0 fully saturated rings. The average molecular weight is 191 g/mol. The van der Waals surface area contributed by atoms with Gasteiger partial charge in [-0.05, 0) is 49.1 Å². The van der Waals surface area contributed by atoms with Crippen LogP contribution in [0.1, 0.15) is 36.9 Å². The van der Waals surface area contributed by atoms with E-state index in [2.05, 4.69) is 12.2 Å². The molecule has 1 aromatic rings. The van der Waals surface area contributed by atoms with Crippen LogP contribution in [0.25, 0.3) is 0 Å². The van der Waals surface area contributed by atoms with Gasteiger partial charge in [0.05, 0.1) is 0 Å². The van der Waals surface area contributed by atoms with Crippen molar-refractivity contribution in [2.45, 2.75) is 32.2 Å². The number of benzene rings is 1. The first-order valence-corrected chi connectivity index (χ1v) is 5.36. The third-order valence-corrected chi connectivity index (χ3v) is 2.89. The highest BCUT2D eigenvalue weighted by molar-refractivity contribution is 5.38. The summed E-state index contributed by atoms with van der Waals surface area (Å²) in [5.41, 5.74) is 2.68. The van der Waals surface area contributed by atoms with Gasteiger partial charge in [0.25, 0.3) is 0 Å². The van der Waals surface area contributed by atoms with Crippen LogP contribution in [0.4, 0.5) is 0 Å². The second-order valence-electron chi connectivity index (χ2n) is 3.89. The van der Waals surface area contributed by atoms with E-state index in [9.17, 15) is 5.11 Å². The molecule has 2 rings (SSSR count). The van der Waals surface area contributed by atoms with Gasteiger partial charge >= 0.3 is 0 Å². The Morgan fingerprint density at radius 1 is 1.50 bits per heavy atom. The molecule has 0 saturated heterocycles. The van der Waals surface area contributed by atoms with E-state index < -0.39 is 0 Å². The molecular formula is C12H17NO. The van der Waals surface area contributed by atoms with Crippen LogP contribution in [0, 0.1) is 0 Å². The summed E-state index contributed by atoms with van der Waals surface area (Å²) >= 11 is 0. The molecule has 14 heavy (non-hydrogen) atoms. The molecule has 2 nitrogen and oxygen atoms in total. The van der Waals surface area contributed by atoms with Crippen LogP contribution in [0.15, 0.2) is 18.2 Å². The molecule has 76 valence electrons. The minimum atomic E-state index is 0.383. The van der Waals surface area contributed by atoms with Crippen LogP contribution in [0.3, 0.4) is 0 Å². The van der Waals surface area contributed by atoms with Gasteiger partial charge in [-0.3, -0.25) is 0 Å². The first-order valence-electron chi connectivity index (χ1n) is 5.36.